The van der Waals surface area contributed by atoms with Crippen LogP contribution in [0.2, 0.25) is 0 Å². The molecule has 4 aromatic rings. The van der Waals surface area contributed by atoms with Crippen molar-refractivity contribution < 1.29 is 0 Å². The molecule has 1 aliphatic heterocycles. The van der Waals surface area contributed by atoms with Crippen molar-refractivity contribution in [3.63, 3.8) is 0 Å². The minimum absolute atomic E-state index is 0.304. The molecule has 3 heterocycles. The maximum Gasteiger partial charge on any atom is 0.332 e. The highest BCUT2D eigenvalue weighted by atomic mass is 16.2. The normalized spacial score (nSPS) is 14.1. The second-order valence-corrected chi connectivity index (χ2v) is 9.15. The van der Waals surface area contributed by atoms with Gasteiger partial charge in [-0.2, -0.15) is 0 Å². The van der Waals surface area contributed by atoms with Gasteiger partial charge < -0.3 is 4.57 Å². The molecule has 0 N–H and O–H groups in total. The van der Waals surface area contributed by atoms with E-state index in [0.717, 1.165) is 30.9 Å². The van der Waals surface area contributed by atoms with Gasteiger partial charge in [-0.05, 0) is 42.5 Å². The number of hydrogen-bond acceptors (Lipinski definition) is 4. The number of rotatable bonds is 4. The van der Waals surface area contributed by atoms with Crippen LogP contribution in [-0.4, -0.2) is 30.1 Å². The Hall–Kier alpha value is -3.45. The van der Waals surface area contributed by atoms with Crippen LogP contribution in [0.4, 0.5) is 0 Å². The summed E-state index contributed by atoms with van der Waals surface area (Å²) in [5, 5.41) is 0. The van der Waals surface area contributed by atoms with Crippen LogP contribution in [0.25, 0.3) is 11.2 Å². The van der Waals surface area contributed by atoms with Crippen LogP contribution in [0.5, 0.6) is 0 Å². The molecule has 2 aromatic heterocycles. The van der Waals surface area contributed by atoms with E-state index < -0.39 is 0 Å². The number of aromatic nitrogens is 4. The predicted octanol–water partition coefficient (Wildman–Crippen LogP) is 2.66. The van der Waals surface area contributed by atoms with Gasteiger partial charge in [-0.3, -0.25) is 18.8 Å². The zero-order valence-electron chi connectivity index (χ0n) is 19.6. The molecular formula is C26H29N5O2. The Morgan fingerprint density at radius 1 is 0.939 bits per heavy atom. The first-order valence-corrected chi connectivity index (χ1v) is 11.3. The third kappa shape index (κ3) is 3.72. The molecule has 2 aromatic carbocycles. The maximum absolute atomic E-state index is 13.2. The molecule has 0 fully saturated rings. The summed E-state index contributed by atoms with van der Waals surface area (Å²) in [7, 11) is 3.21. The summed E-state index contributed by atoms with van der Waals surface area (Å²) in [6.45, 7) is 7.09. The number of hydrogen-bond donors (Lipinski definition) is 0. The van der Waals surface area contributed by atoms with Gasteiger partial charge in [0.05, 0.1) is 6.54 Å². The lowest BCUT2D eigenvalue weighted by molar-refractivity contribution is 0.237. The van der Waals surface area contributed by atoms with Crippen LogP contribution in [0.15, 0.2) is 52.1 Å². The highest BCUT2D eigenvalue weighted by Crippen LogP contribution is 2.23. The van der Waals surface area contributed by atoms with Gasteiger partial charge in [0.25, 0.3) is 5.56 Å². The van der Waals surface area contributed by atoms with Gasteiger partial charge in [0.15, 0.2) is 11.2 Å². The number of nitrogens with zero attached hydrogens (tertiary/aromatic N) is 5. The molecule has 0 bridgehead atoms. The van der Waals surface area contributed by atoms with E-state index in [1.807, 2.05) is 4.57 Å². The summed E-state index contributed by atoms with van der Waals surface area (Å²) in [6.07, 6.45) is 0.994. The van der Waals surface area contributed by atoms with Crippen molar-refractivity contribution in [2.24, 2.45) is 14.1 Å². The Morgan fingerprint density at radius 3 is 2.48 bits per heavy atom. The molecule has 0 spiro atoms. The average molecular weight is 444 g/mol. The van der Waals surface area contributed by atoms with Crippen molar-refractivity contribution in [2.75, 3.05) is 6.54 Å². The fourth-order valence-corrected chi connectivity index (χ4v) is 4.81. The first kappa shape index (κ1) is 21.4. The molecular weight excluding hydrogens is 414 g/mol. The number of imidazole rings is 1. The molecule has 170 valence electrons. The molecule has 7 nitrogen and oxygen atoms in total. The van der Waals surface area contributed by atoms with Crippen molar-refractivity contribution in [3.8, 4) is 0 Å². The van der Waals surface area contributed by atoms with Gasteiger partial charge in [0, 0.05) is 33.7 Å². The van der Waals surface area contributed by atoms with E-state index in [0.29, 0.717) is 24.3 Å². The van der Waals surface area contributed by atoms with E-state index in [2.05, 4.69) is 61.2 Å². The lowest BCUT2D eigenvalue weighted by atomic mass is 10.00. The lowest BCUT2D eigenvalue weighted by Crippen LogP contribution is -2.37. The summed E-state index contributed by atoms with van der Waals surface area (Å²) in [5.41, 5.74) is 6.49. The second-order valence-electron chi connectivity index (χ2n) is 9.15. The quantitative estimate of drug-likeness (QED) is 0.487. The summed E-state index contributed by atoms with van der Waals surface area (Å²) < 4.78 is 4.66. The van der Waals surface area contributed by atoms with Crippen molar-refractivity contribution >= 4 is 11.2 Å². The van der Waals surface area contributed by atoms with Crippen LogP contribution in [0, 0.1) is 13.8 Å². The fourth-order valence-electron chi connectivity index (χ4n) is 4.81. The lowest BCUT2D eigenvalue weighted by Gasteiger charge is -2.28. The number of fused-ring (bicyclic) bond motifs is 2. The topological polar surface area (TPSA) is 65.1 Å². The molecule has 0 saturated heterocycles. The largest absolute Gasteiger partial charge is 0.332 e. The second kappa shape index (κ2) is 8.15. The molecule has 1 aliphatic rings. The SMILES string of the molecule is Cc1ccc(C)c(Cn2c(CN3CCc4ccccc4C3)nc3c2c(=O)n(C)c(=O)n3C)c1. The molecule has 7 heteroatoms. The maximum atomic E-state index is 13.2. The smallest absolute Gasteiger partial charge is 0.317 e. The van der Waals surface area contributed by atoms with E-state index in [9.17, 15) is 9.59 Å². The molecule has 0 amide bonds. The van der Waals surface area contributed by atoms with E-state index in [-0.39, 0.29) is 11.2 Å². The van der Waals surface area contributed by atoms with Crippen molar-refractivity contribution in [3.05, 3.63) is 96.9 Å². The van der Waals surface area contributed by atoms with Gasteiger partial charge in [-0.15, -0.1) is 0 Å². The average Bonchev–Trinajstić information content (AvgIpc) is 3.16. The van der Waals surface area contributed by atoms with Gasteiger partial charge >= 0.3 is 5.69 Å². The van der Waals surface area contributed by atoms with Crippen LogP contribution in [-0.2, 0) is 40.2 Å². The van der Waals surface area contributed by atoms with Crippen LogP contribution < -0.4 is 11.2 Å². The van der Waals surface area contributed by atoms with Crippen LogP contribution >= 0.6 is 0 Å². The molecule has 0 saturated carbocycles. The van der Waals surface area contributed by atoms with Gasteiger partial charge in [0.1, 0.15) is 5.82 Å². The first-order valence-electron chi connectivity index (χ1n) is 11.3. The summed E-state index contributed by atoms with van der Waals surface area (Å²) in [4.78, 5) is 33.0. The van der Waals surface area contributed by atoms with E-state index in [1.54, 1.807) is 7.05 Å². The Kier molecular flexibility index (Phi) is 5.29. The Labute approximate surface area is 192 Å². The molecule has 0 aliphatic carbocycles. The molecule has 5 rings (SSSR count). The Balaban J connectivity index is 1.63. The van der Waals surface area contributed by atoms with E-state index in [4.69, 9.17) is 4.98 Å². The van der Waals surface area contributed by atoms with Gasteiger partial charge in [-0.25, -0.2) is 9.78 Å². The van der Waals surface area contributed by atoms with Crippen LogP contribution in [0.1, 0.15) is 33.6 Å². The summed E-state index contributed by atoms with van der Waals surface area (Å²) in [5.74, 6) is 0.809. The van der Waals surface area contributed by atoms with Gasteiger partial charge in [-0.1, -0.05) is 48.0 Å². The zero-order valence-corrected chi connectivity index (χ0v) is 19.6. The third-order valence-corrected chi connectivity index (χ3v) is 6.83. The minimum Gasteiger partial charge on any atom is -0.317 e. The predicted molar refractivity (Wildman–Crippen MR) is 129 cm³/mol. The Morgan fingerprint density at radius 2 is 1.70 bits per heavy atom. The number of aryl methyl sites for hydroxylation is 3. The molecule has 0 unspecified atom stereocenters. The molecule has 0 atom stereocenters. The molecule has 0 radical (unpaired) electrons. The van der Waals surface area contributed by atoms with Crippen LogP contribution in [0.3, 0.4) is 0 Å². The number of benzene rings is 2. The van der Waals surface area contributed by atoms with Crippen molar-refractivity contribution in [1.82, 2.24) is 23.6 Å². The summed E-state index contributed by atoms with van der Waals surface area (Å²) >= 11 is 0. The summed E-state index contributed by atoms with van der Waals surface area (Å²) in [6, 6.07) is 14.9. The highest BCUT2D eigenvalue weighted by Gasteiger charge is 2.23. The molecule has 33 heavy (non-hydrogen) atoms. The standard InChI is InChI=1S/C26H29N5O2/c1-17-9-10-18(2)21(13-17)15-31-22(16-30-12-11-19-7-5-6-8-20(19)14-30)27-24-23(31)25(32)29(4)26(33)28(24)3/h5-10,13H,11-12,14-16H2,1-4H3. The van der Waals surface area contributed by atoms with E-state index in [1.165, 1.54) is 38.4 Å². The third-order valence-electron chi connectivity index (χ3n) is 6.83. The fraction of sp³-hybridized carbons (Fsp3) is 0.346. The van der Waals surface area contributed by atoms with Crippen molar-refractivity contribution in [1.29, 1.82) is 0 Å². The zero-order chi connectivity index (χ0) is 23.3. The van der Waals surface area contributed by atoms with E-state index >= 15 is 0 Å². The monoisotopic (exact) mass is 443 g/mol. The van der Waals surface area contributed by atoms with Crippen molar-refractivity contribution in [2.45, 2.75) is 39.9 Å². The van der Waals surface area contributed by atoms with Gasteiger partial charge in [0.2, 0.25) is 0 Å². The first-order chi connectivity index (χ1) is 15.8. The minimum atomic E-state index is -0.359. The highest BCUT2D eigenvalue weighted by molar-refractivity contribution is 5.71. The Bertz CT molecular complexity index is 1490.